The molecule has 0 fully saturated rings. The molecule has 0 bridgehead atoms. The topological polar surface area (TPSA) is 29.0 Å². The molecule has 0 unspecified atom stereocenters. The first-order valence-electron chi connectivity index (χ1n) is 4.22. The number of aliphatic hydroxyl groups is 1. The summed E-state index contributed by atoms with van der Waals surface area (Å²) in [7, 11) is 0. The molecule has 1 rings (SSSR count). The van der Waals surface area contributed by atoms with Crippen LogP contribution in [0.15, 0.2) is 18.7 Å². The highest BCUT2D eigenvalue weighted by molar-refractivity contribution is 4.78. The largest absolute Gasteiger partial charge is 0.392 e. The minimum Gasteiger partial charge on any atom is -0.392 e. The van der Waals surface area contributed by atoms with E-state index in [2.05, 4.69) is 25.3 Å². The first-order chi connectivity index (χ1) is 5.54. The number of nitrogens with zero attached hydrogens (tertiary/aromatic N) is 2. The number of hydrogen-bond donors (Lipinski definition) is 1. The number of imidazole rings is 1. The summed E-state index contributed by atoms with van der Waals surface area (Å²) in [5, 5.41) is 8.70. The highest BCUT2D eigenvalue weighted by atomic mass is 16.3. The normalized spacial score (nSPS) is 12.0. The Kier molecular flexibility index (Phi) is 2.52. The molecule has 3 nitrogen and oxygen atoms in total. The van der Waals surface area contributed by atoms with Gasteiger partial charge in [0.1, 0.15) is 24.5 Å². The third-order valence-corrected chi connectivity index (χ3v) is 1.82. The maximum atomic E-state index is 8.70. The van der Waals surface area contributed by atoms with E-state index in [0.717, 1.165) is 0 Å². The predicted octanol–water partition coefficient (Wildman–Crippen LogP) is 0.523. The Morgan fingerprint density at radius 1 is 1.42 bits per heavy atom. The van der Waals surface area contributed by atoms with Crippen LogP contribution in [-0.2, 0) is 12.1 Å². The van der Waals surface area contributed by atoms with E-state index >= 15 is 0 Å². The minimum atomic E-state index is 0.126. The van der Waals surface area contributed by atoms with Gasteiger partial charge in [-0.1, -0.05) is 0 Å². The van der Waals surface area contributed by atoms with Gasteiger partial charge in [0.15, 0.2) is 0 Å². The van der Waals surface area contributed by atoms with Crippen LogP contribution in [0.2, 0.25) is 0 Å². The molecule has 0 radical (unpaired) electrons. The Morgan fingerprint density at radius 2 is 2.08 bits per heavy atom. The van der Waals surface area contributed by atoms with Crippen LogP contribution in [0.1, 0.15) is 20.8 Å². The van der Waals surface area contributed by atoms with Gasteiger partial charge >= 0.3 is 0 Å². The molecule has 1 heterocycles. The van der Waals surface area contributed by atoms with E-state index in [1.165, 1.54) is 0 Å². The van der Waals surface area contributed by atoms with Crippen molar-refractivity contribution in [3.8, 4) is 0 Å². The highest BCUT2D eigenvalue weighted by Gasteiger charge is 2.18. The lowest BCUT2D eigenvalue weighted by atomic mass is 10.1. The molecule has 1 aromatic rings. The van der Waals surface area contributed by atoms with E-state index in [4.69, 9.17) is 5.11 Å². The zero-order valence-electron chi connectivity index (χ0n) is 7.99. The second-order valence-corrected chi connectivity index (χ2v) is 3.95. The number of aromatic nitrogens is 2. The SMILES string of the molecule is CC(C)(C)n1cc[n+](CCO)c1. The third-order valence-electron chi connectivity index (χ3n) is 1.82. The van der Waals surface area contributed by atoms with Crippen LogP contribution in [0, 0.1) is 0 Å². The molecule has 0 atom stereocenters. The fraction of sp³-hybridized carbons (Fsp3) is 0.667. The fourth-order valence-electron chi connectivity index (χ4n) is 1.04. The van der Waals surface area contributed by atoms with Crippen LogP contribution in [-0.4, -0.2) is 16.3 Å². The maximum absolute atomic E-state index is 8.70. The van der Waals surface area contributed by atoms with Crippen molar-refractivity contribution >= 4 is 0 Å². The van der Waals surface area contributed by atoms with Crippen LogP contribution < -0.4 is 4.57 Å². The molecular formula is C9H17N2O+. The molecular weight excluding hydrogens is 152 g/mol. The van der Waals surface area contributed by atoms with Crippen molar-refractivity contribution in [3.63, 3.8) is 0 Å². The molecule has 0 saturated heterocycles. The lowest BCUT2D eigenvalue weighted by Gasteiger charge is -2.13. The molecule has 0 aliphatic heterocycles. The van der Waals surface area contributed by atoms with Crippen molar-refractivity contribution in [2.75, 3.05) is 6.61 Å². The average molecular weight is 169 g/mol. The Morgan fingerprint density at radius 3 is 2.50 bits per heavy atom. The predicted molar refractivity (Wildman–Crippen MR) is 46.7 cm³/mol. The van der Waals surface area contributed by atoms with Crippen LogP contribution in [0.3, 0.4) is 0 Å². The first kappa shape index (κ1) is 9.26. The summed E-state index contributed by atoms with van der Waals surface area (Å²) in [6.45, 7) is 7.31. The molecule has 0 amide bonds. The Balaban J connectivity index is 2.77. The van der Waals surface area contributed by atoms with Crippen LogP contribution in [0.25, 0.3) is 0 Å². The monoisotopic (exact) mass is 169 g/mol. The van der Waals surface area contributed by atoms with Gasteiger partial charge in [-0.05, 0) is 20.8 Å². The maximum Gasteiger partial charge on any atom is 0.244 e. The Bertz CT molecular complexity index is 247. The smallest absolute Gasteiger partial charge is 0.244 e. The summed E-state index contributed by atoms with van der Waals surface area (Å²) in [6.07, 6.45) is 6.01. The zero-order chi connectivity index (χ0) is 9.19. The molecule has 0 saturated carbocycles. The quantitative estimate of drug-likeness (QED) is 0.643. The summed E-state index contributed by atoms with van der Waals surface area (Å²) in [4.78, 5) is 0. The van der Waals surface area contributed by atoms with Gasteiger partial charge in [-0.2, -0.15) is 0 Å². The van der Waals surface area contributed by atoms with E-state index in [1.807, 2.05) is 23.3 Å². The molecule has 3 heteroatoms. The zero-order valence-corrected chi connectivity index (χ0v) is 7.99. The van der Waals surface area contributed by atoms with Crippen molar-refractivity contribution in [1.82, 2.24) is 4.57 Å². The van der Waals surface area contributed by atoms with Crippen molar-refractivity contribution in [2.45, 2.75) is 32.9 Å². The summed E-state index contributed by atoms with van der Waals surface area (Å²) >= 11 is 0. The lowest BCUT2D eigenvalue weighted by Crippen LogP contribution is -2.34. The summed E-state index contributed by atoms with van der Waals surface area (Å²) < 4.78 is 4.11. The van der Waals surface area contributed by atoms with Crippen molar-refractivity contribution in [2.24, 2.45) is 0 Å². The van der Waals surface area contributed by atoms with Gasteiger partial charge in [-0.25, -0.2) is 9.13 Å². The molecule has 0 spiro atoms. The fourth-order valence-corrected chi connectivity index (χ4v) is 1.04. The molecule has 68 valence electrons. The second-order valence-electron chi connectivity index (χ2n) is 3.95. The number of rotatable bonds is 2. The van der Waals surface area contributed by atoms with Gasteiger partial charge in [-0.3, -0.25) is 0 Å². The van der Waals surface area contributed by atoms with Crippen molar-refractivity contribution < 1.29 is 9.67 Å². The first-order valence-corrected chi connectivity index (χ1v) is 4.22. The van der Waals surface area contributed by atoms with Crippen molar-refractivity contribution in [1.29, 1.82) is 0 Å². The van der Waals surface area contributed by atoms with E-state index in [-0.39, 0.29) is 12.1 Å². The number of aliphatic hydroxyl groups excluding tert-OH is 1. The Labute approximate surface area is 73.3 Å². The van der Waals surface area contributed by atoms with Gasteiger partial charge < -0.3 is 5.11 Å². The summed E-state index contributed by atoms with van der Waals surface area (Å²) in [5.41, 5.74) is 0.126. The Hall–Kier alpha value is -0.830. The molecule has 0 aliphatic rings. The molecule has 1 aromatic heterocycles. The van der Waals surface area contributed by atoms with Gasteiger partial charge in [0.2, 0.25) is 6.33 Å². The van der Waals surface area contributed by atoms with Gasteiger partial charge in [-0.15, -0.1) is 0 Å². The summed E-state index contributed by atoms with van der Waals surface area (Å²) in [6, 6.07) is 0. The molecule has 0 aromatic carbocycles. The van der Waals surface area contributed by atoms with Gasteiger partial charge in [0.05, 0.1) is 6.61 Å². The molecule has 1 N–H and O–H groups in total. The third kappa shape index (κ3) is 2.08. The highest BCUT2D eigenvalue weighted by Crippen LogP contribution is 2.10. The van der Waals surface area contributed by atoms with Crippen LogP contribution in [0.4, 0.5) is 0 Å². The van der Waals surface area contributed by atoms with Crippen molar-refractivity contribution in [3.05, 3.63) is 18.7 Å². The van der Waals surface area contributed by atoms with Crippen LogP contribution in [0.5, 0.6) is 0 Å². The standard InChI is InChI=1S/C9H17N2O/c1-9(2,3)11-5-4-10(8-11)6-7-12/h4-5,8,12H,6-7H2,1-3H3/q+1. The van der Waals surface area contributed by atoms with Gasteiger partial charge in [0.25, 0.3) is 0 Å². The van der Waals surface area contributed by atoms with Gasteiger partial charge in [0, 0.05) is 0 Å². The van der Waals surface area contributed by atoms with E-state index < -0.39 is 0 Å². The van der Waals surface area contributed by atoms with E-state index in [0.29, 0.717) is 6.54 Å². The van der Waals surface area contributed by atoms with E-state index in [1.54, 1.807) is 0 Å². The number of hydrogen-bond acceptors (Lipinski definition) is 1. The second kappa shape index (κ2) is 3.27. The van der Waals surface area contributed by atoms with E-state index in [9.17, 15) is 0 Å². The summed E-state index contributed by atoms with van der Waals surface area (Å²) in [5.74, 6) is 0. The average Bonchev–Trinajstić information content (AvgIpc) is 2.35. The minimum absolute atomic E-state index is 0.126. The molecule has 0 aliphatic carbocycles. The lowest BCUT2D eigenvalue weighted by molar-refractivity contribution is -0.697. The molecule has 12 heavy (non-hydrogen) atoms. The van der Waals surface area contributed by atoms with Crippen LogP contribution >= 0.6 is 0 Å².